The van der Waals surface area contributed by atoms with Gasteiger partial charge < -0.3 is 15.2 Å². The van der Waals surface area contributed by atoms with Crippen LogP contribution in [0.4, 0.5) is 11.5 Å². The highest BCUT2D eigenvalue weighted by Crippen LogP contribution is 2.38. The monoisotopic (exact) mass is 354 g/mol. The lowest BCUT2D eigenvalue weighted by Crippen LogP contribution is -2.16. The van der Waals surface area contributed by atoms with E-state index in [1.54, 1.807) is 0 Å². The summed E-state index contributed by atoms with van der Waals surface area (Å²) in [6.45, 7) is 1.29. The Bertz CT molecular complexity index is 716. The molecule has 1 aliphatic heterocycles. The van der Waals surface area contributed by atoms with Crippen LogP contribution in [0.3, 0.4) is 0 Å². The Labute approximate surface area is 127 Å². The van der Waals surface area contributed by atoms with Crippen molar-refractivity contribution in [3.63, 3.8) is 0 Å². The van der Waals surface area contributed by atoms with Gasteiger partial charge in [0, 0.05) is 0 Å². The SMILES string of the molecule is Nc1c([N+](=O)[O-])cnn1Cc1cc(Br)c2c(c1)OCCO2. The number of ether oxygens (including phenoxy) is 2. The molecule has 8 nitrogen and oxygen atoms in total. The largest absolute Gasteiger partial charge is 0.486 e. The highest BCUT2D eigenvalue weighted by Gasteiger charge is 2.20. The van der Waals surface area contributed by atoms with Gasteiger partial charge in [-0.1, -0.05) is 0 Å². The van der Waals surface area contributed by atoms with Crippen LogP contribution in [-0.4, -0.2) is 27.9 Å². The highest BCUT2D eigenvalue weighted by atomic mass is 79.9. The van der Waals surface area contributed by atoms with E-state index in [4.69, 9.17) is 15.2 Å². The summed E-state index contributed by atoms with van der Waals surface area (Å²) in [4.78, 5) is 10.2. The lowest BCUT2D eigenvalue weighted by molar-refractivity contribution is -0.384. The molecule has 0 fully saturated rings. The van der Waals surface area contributed by atoms with Crippen molar-refractivity contribution in [2.45, 2.75) is 6.54 Å². The van der Waals surface area contributed by atoms with Crippen LogP contribution in [-0.2, 0) is 6.54 Å². The zero-order chi connectivity index (χ0) is 15.0. The topological polar surface area (TPSA) is 105 Å². The summed E-state index contributed by atoms with van der Waals surface area (Å²) in [5, 5.41) is 14.7. The lowest BCUT2D eigenvalue weighted by atomic mass is 10.2. The summed E-state index contributed by atoms with van der Waals surface area (Å²) in [7, 11) is 0. The smallest absolute Gasteiger partial charge is 0.330 e. The molecule has 110 valence electrons. The van der Waals surface area contributed by atoms with Gasteiger partial charge in [-0.2, -0.15) is 5.10 Å². The van der Waals surface area contributed by atoms with Crippen LogP contribution in [0.2, 0.25) is 0 Å². The van der Waals surface area contributed by atoms with Gasteiger partial charge in [-0.3, -0.25) is 10.1 Å². The number of halogens is 1. The van der Waals surface area contributed by atoms with Crippen LogP contribution in [0.1, 0.15) is 5.56 Å². The predicted molar refractivity (Wildman–Crippen MR) is 77.5 cm³/mol. The van der Waals surface area contributed by atoms with Gasteiger partial charge in [0.15, 0.2) is 11.5 Å². The highest BCUT2D eigenvalue weighted by molar-refractivity contribution is 9.10. The molecule has 1 aliphatic rings. The average Bonchev–Trinajstić information content (AvgIpc) is 2.80. The van der Waals surface area contributed by atoms with Gasteiger partial charge in [0.25, 0.3) is 0 Å². The number of nitrogens with two attached hydrogens (primary N) is 1. The molecule has 9 heteroatoms. The van der Waals surface area contributed by atoms with Crippen molar-refractivity contribution in [2.24, 2.45) is 0 Å². The Morgan fingerprint density at radius 1 is 1.43 bits per heavy atom. The van der Waals surface area contributed by atoms with Crippen molar-refractivity contribution < 1.29 is 14.4 Å². The Kier molecular flexibility index (Phi) is 3.42. The van der Waals surface area contributed by atoms with E-state index in [0.29, 0.717) is 31.3 Å². The van der Waals surface area contributed by atoms with E-state index in [9.17, 15) is 10.1 Å². The number of nitro groups is 1. The molecule has 0 bridgehead atoms. The molecule has 2 N–H and O–H groups in total. The maximum Gasteiger partial charge on any atom is 0.330 e. The van der Waals surface area contributed by atoms with E-state index >= 15 is 0 Å². The molecule has 0 aliphatic carbocycles. The fraction of sp³-hybridized carbons (Fsp3) is 0.250. The summed E-state index contributed by atoms with van der Waals surface area (Å²) >= 11 is 3.42. The molecule has 0 unspecified atom stereocenters. The number of rotatable bonds is 3. The van der Waals surface area contributed by atoms with Crippen LogP contribution >= 0.6 is 15.9 Å². The third kappa shape index (κ3) is 2.51. The summed E-state index contributed by atoms with van der Waals surface area (Å²) in [5.74, 6) is 1.31. The summed E-state index contributed by atoms with van der Waals surface area (Å²) in [5.41, 5.74) is 6.36. The molecule has 1 aromatic carbocycles. The fourth-order valence-electron chi connectivity index (χ4n) is 2.08. The average molecular weight is 355 g/mol. The zero-order valence-corrected chi connectivity index (χ0v) is 12.4. The minimum Gasteiger partial charge on any atom is -0.486 e. The first-order chi connectivity index (χ1) is 10.1. The van der Waals surface area contributed by atoms with E-state index in [-0.39, 0.29) is 11.5 Å². The van der Waals surface area contributed by atoms with E-state index in [2.05, 4.69) is 21.0 Å². The molecule has 2 heterocycles. The quantitative estimate of drug-likeness (QED) is 0.666. The number of anilines is 1. The normalized spacial score (nSPS) is 13.2. The molecule has 21 heavy (non-hydrogen) atoms. The van der Waals surface area contributed by atoms with Crippen molar-refractivity contribution in [3.8, 4) is 11.5 Å². The van der Waals surface area contributed by atoms with Gasteiger partial charge >= 0.3 is 5.69 Å². The minimum atomic E-state index is -0.557. The molecule has 3 rings (SSSR count). The number of hydrogen-bond acceptors (Lipinski definition) is 6. The molecule has 1 aromatic heterocycles. The molecular formula is C12H11BrN4O4. The van der Waals surface area contributed by atoms with E-state index in [1.807, 2.05) is 12.1 Å². The molecule has 0 saturated heterocycles. The van der Waals surface area contributed by atoms with Crippen LogP contribution in [0.5, 0.6) is 11.5 Å². The van der Waals surface area contributed by atoms with Crippen molar-refractivity contribution in [1.82, 2.24) is 9.78 Å². The van der Waals surface area contributed by atoms with Crippen LogP contribution in [0, 0.1) is 10.1 Å². The first-order valence-electron chi connectivity index (χ1n) is 6.10. The summed E-state index contributed by atoms with van der Waals surface area (Å²) in [6, 6.07) is 3.66. The standard InChI is InChI=1S/C12H11BrN4O4/c13-8-3-7(4-10-11(8)21-2-1-20-10)6-16-12(14)9(5-15-16)17(18)19/h3-5H,1-2,6,14H2. The Balaban J connectivity index is 1.92. The molecule has 0 saturated carbocycles. The first kappa shape index (κ1) is 13.7. The minimum absolute atomic E-state index is 0.0195. The maximum absolute atomic E-state index is 10.8. The van der Waals surface area contributed by atoms with Gasteiger partial charge in [-0.05, 0) is 33.6 Å². The lowest BCUT2D eigenvalue weighted by Gasteiger charge is -2.20. The number of aromatic nitrogens is 2. The van der Waals surface area contributed by atoms with E-state index < -0.39 is 4.92 Å². The van der Waals surface area contributed by atoms with Crippen LogP contribution in [0.15, 0.2) is 22.8 Å². The second-order valence-electron chi connectivity index (χ2n) is 4.43. The van der Waals surface area contributed by atoms with Crippen molar-refractivity contribution >= 4 is 27.4 Å². The summed E-state index contributed by atoms with van der Waals surface area (Å²) in [6.07, 6.45) is 1.14. The summed E-state index contributed by atoms with van der Waals surface area (Å²) < 4.78 is 13.2. The second kappa shape index (κ2) is 5.24. The second-order valence-corrected chi connectivity index (χ2v) is 5.29. The first-order valence-corrected chi connectivity index (χ1v) is 6.89. The van der Waals surface area contributed by atoms with E-state index in [0.717, 1.165) is 16.2 Å². The van der Waals surface area contributed by atoms with Gasteiger partial charge in [0.2, 0.25) is 5.82 Å². The molecule has 0 radical (unpaired) electrons. The van der Waals surface area contributed by atoms with Crippen LogP contribution < -0.4 is 15.2 Å². The molecule has 0 atom stereocenters. The van der Waals surface area contributed by atoms with Gasteiger partial charge in [-0.25, -0.2) is 4.68 Å². The zero-order valence-electron chi connectivity index (χ0n) is 10.8. The molecule has 0 spiro atoms. The van der Waals surface area contributed by atoms with Gasteiger partial charge in [0.05, 0.1) is 15.9 Å². The van der Waals surface area contributed by atoms with E-state index in [1.165, 1.54) is 4.68 Å². The third-order valence-corrected chi connectivity index (χ3v) is 3.63. The maximum atomic E-state index is 10.8. The number of nitrogens with zero attached hydrogens (tertiary/aromatic N) is 3. The van der Waals surface area contributed by atoms with Crippen molar-refractivity contribution in [1.29, 1.82) is 0 Å². The Morgan fingerprint density at radius 2 is 2.19 bits per heavy atom. The number of fused-ring (bicyclic) bond motifs is 1. The predicted octanol–water partition coefficient (Wildman–Crippen LogP) is 1.96. The van der Waals surface area contributed by atoms with Gasteiger partial charge in [0.1, 0.15) is 19.4 Å². The van der Waals surface area contributed by atoms with Crippen molar-refractivity contribution in [2.75, 3.05) is 18.9 Å². The van der Waals surface area contributed by atoms with Crippen molar-refractivity contribution in [3.05, 3.63) is 38.5 Å². The molecule has 2 aromatic rings. The molecular weight excluding hydrogens is 344 g/mol. The Hall–Kier alpha value is -2.29. The third-order valence-electron chi connectivity index (χ3n) is 3.05. The molecule has 0 amide bonds. The van der Waals surface area contributed by atoms with Crippen LogP contribution in [0.25, 0.3) is 0 Å². The van der Waals surface area contributed by atoms with Gasteiger partial charge in [-0.15, -0.1) is 0 Å². The Morgan fingerprint density at radius 3 is 2.90 bits per heavy atom. The number of hydrogen-bond donors (Lipinski definition) is 1. The number of benzene rings is 1. The number of nitrogen functional groups attached to an aromatic ring is 1. The fourth-order valence-corrected chi connectivity index (χ4v) is 2.68.